The number of nitrogens with zero attached hydrogens (tertiary/aromatic N) is 2. The highest BCUT2D eigenvalue weighted by Gasteiger charge is 2.00. The molecule has 12 heavy (non-hydrogen) atoms. The lowest BCUT2D eigenvalue weighted by molar-refractivity contribution is 0.970. The third-order valence-electron chi connectivity index (χ3n) is 1.13. The maximum absolute atomic E-state index is 5.68. The zero-order chi connectivity index (χ0) is 8.97. The van der Waals surface area contributed by atoms with E-state index in [1.54, 1.807) is 11.8 Å². The molecule has 0 unspecified atom stereocenters. The lowest BCUT2D eigenvalue weighted by Crippen LogP contribution is -1.94. The second kappa shape index (κ2) is 4.52. The summed E-state index contributed by atoms with van der Waals surface area (Å²) in [5, 5.41) is 1.06. The van der Waals surface area contributed by atoms with Crippen LogP contribution < -0.4 is 5.73 Å². The van der Waals surface area contributed by atoms with Gasteiger partial charge in [-0.25, -0.2) is 9.97 Å². The first-order chi connectivity index (χ1) is 5.72. The van der Waals surface area contributed by atoms with Crippen LogP contribution in [0.1, 0.15) is 13.3 Å². The van der Waals surface area contributed by atoms with Gasteiger partial charge in [-0.3, -0.25) is 0 Å². The Morgan fingerprint density at radius 2 is 2.33 bits per heavy atom. The Balaban J connectivity index is 2.72. The highest BCUT2D eigenvalue weighted by molar-refractivity contribution is 7.99. The van der Waals surface area contributed by atoms with Crippen molar-refractivity contribution in [3.05, 3.63) is 11.2 Å². The van der Waals surface area contributed by atoms with Gasteiger partial charge in [0.1, 0.15) is 11.0 Å². The van der Waals surface area contributed by atoms with Crippen molar-refractivity contribution in [2.75, 3.05) is 11.5 Å². The van der Waals surface area contributed by atoms with Crippen molar-refractivity contribution in [1.82, 2.24) is 9.97 Å². The fraction of sp³-hybridized carbons (Fsp3) is 0.429. The summed E-state index contributed by atoms with van der Waals surface area (Å²) in [6.45, 7) is 2.10. The largest absolute Gasteiger partial charge is 0.384 e. The van der Waals surface area contributed by atoms with Crippen LogP contribution in [0.3, 0.4) is 0 Å². The van der Waals surface area contributed by atoms with Gasteiger partial charge in [-0.05, 0) is 6.42 Å². The van der Waals surface area contributed by atoms with E-state index >= 15 is 0 Å². The fourth-order valence-electron chi connectivity index (χ4n) is 0.671. The van der Waals surface area contributed by atoms with Gasteiger partial charge in [0.15, 0.2) is 5.16 Å². The molecule has 0 atom stereocenters. The van der Waals surface area contributed by atoms with E-state index in [2.05, 4.69) is 16.9 Å². The topological polar surface area (TPSA) is 51.8 Å². The van der Waals surface area contributed by atoms with Gasteiger partial charge in [0.25, 0.3) is 0 Å². The third kappa shape index (κ3) is 2.87. The molecule has 0 aliphatic carbocycles. The van der Waals surface area contributed by atoms with Crippen molar-refractivity contribution in [3.63, 3.8) is 0 Å². The van der Waals surface area contributed by atoms with E-state index in [1.807, 2.05) is 0 Å². The number of hydrogen-bond donors (Lipinski definition) is 1. The summed E-state index contributed by atoms with van der Waals surface area (Å²) in [6, 6.07) is 1.54. The summed E-state index contributed by atoms with van der Waals surface area (Å²) in [5.41, 5.74) is 5.48. The van der Waals surface area contributed by atoms with Gasteiger partial charge >= 0.3 is 0 Å². The molecule has 5 heteroatoms. The normalized spacial score (nSPS) is 10.2. The molecule has 0 fully saturated rings. The fourth-order valence-corrected chi connectivity index (χ4v) is 1.63. The van der Waals surface area contributed by atoms with Gasteiger partial charge in [-0.1, -0.05) is 30.3 Å². The van der Waals surface area contributed by atoms with E-state index in [0.717, 1.165) is 12.2 Å². The number of rotatable bonds is 3. The Kier molecular flexibility index (Phi) is 3.62. The number of hydrogen-bond acceptors (Lipinski definition) is 4. The zero-order valence-corrected chi connectivity index (χ0v) is 8.32. The van der Waals surface area contributed by atoms with E-state index < -0.39 is 0 Å². The van der Waals surface area contributed by atoms with Crippen molar-refractivity contribution in [3.8, 4) is 0 Å². The molecule has 0 bridgehead atoms. The minimum absolute atomic E-state index is 0.404. The molecule has 66 valence electrons. The van der Waals surface area contributed by atoms with Gasteiger partial charge in [0.2, 0.25) is 0 Å². The highest BCUT2D eigenvalue weighted by Crippen LogP contribution is 2.17. The molecule has 0 saturated heterocycles. The van der Waals surface area contributed by atoms with Crippen molar-refractivity contribution in [2.24, 2.45) is 0 Å². The molecular weight excluding hydrogens is 194 g/mol. The summed E-state index contributed by atoms with van der Waals surface area (Å²) in [5.74, 6) is 1.41. The number of halogens is 1. The maximum atomic E-state index is 5.68. The Labute approximate surface area is 80.7 Å². The lowest BCUT2D eigenvalue weighted by Gasteiger charge is -1.99. The van der Waals surface area contributed by atoms with Crippen molar-refractivity contribution in [1.29, 1.82) is 0 Å². The average Bonchev–Trinajstić information content (AvgIpc) is 1.99. The van der Waals surface area contributed by atoms with Crippen molar-refractivity contribution >= 4 is 29.2 Å². The Morgan fingerprint density at radius 3 is 2.92 bits per heavy atom. The van der Waals surface area contributed by atoms with Crippen molar-refractivity contribution in [2.45, 2.75) is 18.5 Å². The first-order valence-electron chi connectivity index (χ1n) is 3.65. The average molecular weight is 204 g/mol. The van der Waals surface area contributed by atoms with Crippen LogP contribution in [-0.2, 0) is 0 Å². The number of nitrogens with two attached hydrogens (primary N) is 1. The number of aromatic nitrogens is 2. The summed E-state index contributed by atoms with van der Waals surface area (Å²) in [4.78, 5) is 8.03. The summed E-state index contributed by atoms with van der Waals surface area (Å²) < 4.78 is 0. The Bertz CT molecular complexity index is 247. The second-order valence-corrected chi connectivity index (χ2v) is 3.70. The van der Waals surface area contributed by atoms with Gasteiger partial charge in [0, 0.05) is 11.8 Å². The van der Waals surface area contributed by atoms with Gasteiger partial charge < -0.3 is 5.73 Å². The molecule has 1 rings (SSSR count). The van der Waals surface area contributed by atoms with Crippen LogP contribution in [0.25, 0.3) is 0 Å². The van der Waals surface area contributed by atoms with Crippen molar-refractivity contribution < 1.29 is 0 Å². The van der Waals surface area contributed by atoms with E-state index in [0.29, 0.717) is 16.1 Å². The smallest absolute Gasteiger partial charge is 0.190 e. The molecule has 0 spiro atoms. The van der Waals surface area contributed by atoms with Crippen LogP contribution in [0.15, 0.2) is 11.2 Å². The van der Waals surface area contributed by atoms with Crippen LogP contribution in [0.4, 0.5) is 5.82 Å². The SMILES string of the molecule is CCCSc1nc(N)cc(Cl)n1. The van der Waals surface area contributed by atoms with Gasteiger partial charge in [0.05, 0.1) is 0 Å². The molecule has 0 amide bonds. The van der Waals surface area contributed by atoms with Gasteiger partial charge in [-0.15, -0.1) is 0 Å². The predicted octanol–water partition coefficient (Wildman–Crippen LogP) is 2.21. The maximum Gasteiger partial charge on any atom is 0.190 e. The minimum atomic E-state index is 0.404. The highest BCUT2D eigenvalue weighted by atomic mass is 35.5. The lowest BCUT2D eigenvalue weighted by atomic mass is 10.6. The molecular formula is C7H10ClN3S. The van der Waals surface area contributed by atoms with Crippen LogP contribution in [0.5, 0.6) is 0 Å². The molecule has 0 aliphatic heterocycles. The minimum Gasteiger partial charge on any atom is -0.384 e. The van der Waals surface area contributed by atoms with Crippen LogP contribution >= 0.6 is 23.4 Å². The quantitative estimate of drug-likeness (QED) is 0.465. The molecule has 1 heterocycles. The molecule has 1 aromatic heterocycles. The molecule has 1 aromatic rings. The molecule has 0 aliphatic rings. The Morgan fingerprint density at radius 1 is 1.58 bits per heavy atom. The van der Waals surface area contributed by atoms with Crippen LogP contribution in [0, 0.1) is 0 Å². The molecule has 3 nitrogen and oxygen atoms in total. The predicted molar refractivity (Wildman–Crippen MR) is 52.5 cm³/mol. The standard InChI is InChI=1S/C7H10ClN3S/c1-2-3-12-7-10-5(8)4-6(9)11-7/h4H,2-3H2,1H3,(H2,9,10,11). The third-order valence-corrected chi connectivity index (χ3v) is 2.38. The monoisotopic (exact) mass is 203 g/mol. The zero-order valence-electron chi connectivity index (χ0n) is 6.75. The second-order valence-electron chi connectivity index (χ2n) is 2.25. The molecule has 0 aromatic carbocycles. The molecule has 2 N–H and O–H groups in total. The van der Waals surface area contributed by atoms with E-state index in [1.165, 1.54) is 6.07 Å². The number of thioether (sulfide) groups is 1. The first-order valence-corrected chi connectivity index (χ1v) is 5.01. The first kappa shape index (κ1) is 9.61. The summed E-state index contributed by atoms with van der Waals surface area (Å²) in [6.07, 6.45) is 1.08. The Hall–Kier alpha value is -0.480. The van der Waals surface area contributed by atoms with E-state index in [-0.39, 0.29) is 0 Å². The summed E-state index contributed by atoms with van der Waals surface area (Å²) in [7, 11) is 0. The number of nitrogen functional groups attached to an aromatic ring is 1. The van der Waals surface area contributed by atoms with Gasteiger partial charge in [-0.2, -0.15) is 0 Å². The number of anilines is 1. The van der Waals surface area contributed by atoms with E-state index in [9.17, 15) is 0 Å². The summed E-state index contributed by atoms with van der Waals surface area (Å²) >= 11 is 7.25. The van der Waals surface area contributed by atoms with Crippen LogP contribution in [-0.4, -0.2) is 15.7 Å². The molecule has 0 saturated carbocycles. The van der Waals surface area contributed by atoms with Crippen LogP contribution in [0.2, 0.25) is 5.15 Å². The van der Waals surface area contributed by atoms with E-state index in [4.69, 9.17) is 17.3 Å². The molecule has 0 radical (unpaired) electrons.